The highest BCUT2D eigenvalue weighted by Crippen LogP contribution is 2.20. The van der Waals surface area contributed by atoms with Crippen LogP contribution in [0, 0.1) is 6.92 Å². The molecule has 0 saturated carbocycles. The van der Waals surface area contributed by atoms with Crippen molar-refractivity contribution in [3.05, 3.63) is 41.5 Å². The second kappa shape index (κ2) is 5.05. The molecule has 2 N–H and O–H groups in total. The van der Waals surface area contributed by atoms with E-state index in [1.54, 1.807) is 12.4 Å². The Kier molecular flexibility index (Phi) is 3.49. The number of hydrogen-bond donors (Lipinski definition) is 1. The molecule has 0 fully saturated rings. The Balaban J connectivity index is 2.34. The Labute approximate surface area is 101 Å². The summed E-state index contributed by atoms with van der Waals surface area (Å²) in [5.74, 6) is 0. The first kappa shape index (κ1) is 11.7. The van der Waals surface area contributed by atoms with E-state index in [1.807, 2.05) is 23.9 Å². The van der Waals surface area contributed by atoms with Crippen LogP contribution in [0.1, 0.15) is 36.2 Å². The lowest BCUT2D eigenvalue weighted by Crippen LogP contribution is -2.18. The van der Waals surface area contributed by atoms with E-state index in [0.717, 1.165) is 29.8 Å². The van der Waals surface area contributed by atoms with Gasteiger partial charge in [0, 0.05) is 18.9 Å². The van der Waals surface area contributed by atoms with Gasteiger partial charge in [0.25, 0.3) is 0 Å². The number of rotatable bonds is 4. The summed E-state index contributed by atoms with van der Waals surface area (Å²) in [6, 6.07) is 1.75. The minimum atomic E-state index is -0.195. The van der Waals surface area contributed by atoms with Crippen LogP contribution in [0.4, 0.5) is 0 Å². The van der Waals surface area contributed by atoms with Gasteiger partial charge in [-0.3, -0.25) is 4.98 Å². The van der Waals surface area contributed by atoms with E-state index in [0.29, 0.717) is 0 Å². The third kappa shape index (κ3) is 2.34. The summed E-state index contributed by atoms with van der Waals surface area (Å²) < 4.78 is 1.87. The van der Waals surface area contributed by atoms with Gasteiger partial charge in [0.05, 0.1) is 17.9 Å². The molecule has 2 aromatic rings. The second-order valence-corrected chi connectivity index (χ2v) is 4.09. The molecular weight excluding hydrogens is 214 g/mol. The third-order valence-corrected chi connectivity index (χ3v) is 2.80. The number of aromatic nitrogens is 4. The SMILES string of the molecule is CCCn1nncc1C(N)c1ccncc1C. The largest absolute Gasteiger partial charge is 0.319 e. The van der Waals surface area contributed by atoms with E-state index in [-0.39, 0.29) is 6.04 Å². The van der Waals surface area contributed by atoms with Crippen molar-refractivity contribution in [3.63, 3.8) is 0 Å². The summed E-state index contributed by atoms with van der Waals surface area (Å²) in [6.45, 7) is 4.96. The number of nitrogens with zero attached hydrogens (tertiary/aromatic N) is 4. The van der Waals surface area contributed by atoms with Gasteiger partial charge in [-0.25, -0.2) is 4.68 Å². The van der Waals surface area contributed by atoms with Crippen LogP contribution in [0.3, 0.4) is 0 Å². The van der Waals surface area contributed by atoms with Gasteiger partial charge in [0.1, 0.15) is 0 Å². The minimum Gasteiger partial charge on any atom is -0.319 e. The van der Waals surface area contributed by atoms with Gasteiger partial charge >= 0.3 is 0 Å². The molecule has 0 radical (unpaired) electrons. The number of nitrogens with two attached hydrogens (primary N) is 1. The van der Waals surface area contributed by atoms with Crippen molar-refractivity contribution in [1.29, 1.82) is 0 Å². The Bertz CT molecular complexity index is 491. The highest BCUT2D eigenvalue weighted by Gasteiger charge is 2.16. The van der Waals surface area contributed by atoms with Crippen molar-refractivity contribution in [2.75, 3.05) is 0 Å². The molecule has 1 unspecified atom stereocenters. The normalized spacial score (nSPS) is 12.6. The zero-order chi connectivity index (χ0) is 12.3. The quantitative estimate of drug-likeness (QED) is 0.864. The summed E-state index contributed by atoms with van der Waals surface area (Å²) in [5.41, 5.74) is 9.37. The number of hydrogen-bond acceptors (Lipinski definition) is 4. The smallest absolute Gasteiger partial charge is 0.0799 e. The lowest BCUT2D eigenvalue weighted by Gasteiger charge is -2.15. The van der Waals surface area contributed by atoms with Gasteiger partial charge in [-0.15, -0.1) is 5.10 Å². The Morgan fingerprint density at radius 3 is 2.94 bits per heavy atom. The molecule has 17 heavy (non-hydrogen) atoms. The van der Waals surface area contributed by atoms with Crippen molar-refractivity contribution >= 4 is 0 Å². The van der Waals surface area contributed by atoms with Crippen LogP contribution in [0.15, 0.2) is 24.7 Å². The summed E-state index contributed by atoms with van der Waals surface area (Å²) in [7, 11) is 0. The first-order valence-corrected chi connectivity index (χ1v) is 5.78. The van der Waals surface area contributed by atoms with Gasteiger partial charge in [0.2, 0.25) is 0 Å². The van der Waals surface area contributed by atoms with Gasteiger partial charge in [0.15, 0.2) is 0 Å². The standard InChI is InChI=1S/C12H17N5/c1-3-6-17-11(8-15-16-17)12(13)10-4-5-14-7-9(10)2/h4-5,7-8,12H,3,6,13H2,1-2H3. The monoisotopic (exact) mass is 231 g/mol. The van der Waals surface area contributed by atoms with Crippen LogP contribution in [0.25, 0.3) is 0 Å². The van der Waals surface area contributed by atoms with Gasteiger partial charge in [-0.2, -0.15) is 0 Å². The van der Waals surface area contributed by atoms with E-state index >= 15 is 0 Å². The fraction of sp³-hybridized carbons (Fsp3) is 0.417. The van der Waals surface area contributed by atoms with E-state index < -0.39 is 0 Å². The van der Waals surface area contributed by atoms with Crippen LogP contribution in [0.2, 0.25) is 0 Å². The van der Waals surface area contributed by atoms with Crippen LogP contribution in [-0.4, -0.2) is 20.0 Å². The van der Waals surface area contributed by atoms with Crippen LogP contribution in [-0.2, 0) is 6.54 Å². The summed E-state index contributed by atoms with van der Waals surface area (Å²) in [5, 5.41) is 7.99. The molecule has 2 heterocycles. The maximum absolute atomic E-state index is 6.26. The summed E-state index contributed by atoms with van der Waals surface area (Å²) in [6.07, 6.45) is 6.33. The second-order valence-electron chi connectivity index (χ2n) is 4.09. The maximum atomic E-state index is 6.26. The van der Waals surface area contributed by atoms with Crippen molar-refractivity contribution < 1.29 is 0 Å². The molecule has 0 aromatic carbocycles. The first-order chi connectivity index (χ1) is 8.24. The molecule has 0 bridgehead atoms. The molecule has 0 saturated heterocycles. The Morgan fingerprint density at radius 1 is 1.41 bits per heavy atom. The van der Waals surface area contributed by atoms with Crippen LogP contribution >= 0.6 is 0 Å². The van der Waals surface area contributed by atoms with Crippen LogP contribution in [0.5, 0.6) is 0 Å². The Morgan fingerprint density at radius 2 is 2.24 bits per heavy atom. The average molecular weight is 231 g/mol. The van der Waals surface area contributed by atoms with Gasteiger partial charge in [-0.1, -0.05) is 12.1 Å². The van der Waals surface area contributed by atoms with E-state index in [4.69, 9.17) is 5.73 Å². The predicted octanol–water partition coefficient (Wildman–Crippen LogP) is 1.44. The highest BCUT2D eigenvalue weighted by molar-refractivity contribution is 5.30. The average Bonchev–Trinajstić information content (AvgIpc) is 2.78. The number of aryl methyl sites for hydroxylation is 2. The van der Waals surface area contributed by atoms with Gasteiger partial charge < -0.3 is 5.73 Å². The van der Waals surface area contributed by atoms with Gasteiger partial charge in [-0.05, 0) is 30.5 Å². The van der Waals surface area contributed by atoms with Crippen molar-refractivity contribution in [2.24, 2.45) is 5.73 Å². The molecule has 0 spiro atoms. The molecule has 0 aliphatic carbocycles. The van der Waals surface area contributed by atoms with Crippen LogP contribution < -0.4 is 5.73 Å². The molecule has 2 aromatic heterocycles. The lowest BCUT2D eigenvalue weighted by molar-refractivity contribution is 0.543. The molecular formula is C12H17N5. The molecule has 5 heteroatoms. The Hall–Kier alpha value is -1.75. The van der Waals surface area contributed by atoms with Crippen molar-refractivity contribution in [2.45, 2.75) is 32.9 Å². The molecule has 2 rings (SSSR count). The van der Waals surface area contributed by atoms with Crippen molar-refractivity contribution in [1.82, 2.24) is 20.0 Å². The van der Waals surface area contributed by atoms with E-state index in [2.05, 4.69) is 22.2 Å². The molecule has 5 nitrogen and oxygen atoms in total. The molecule has 0 aliphatic heterocycles. The van der Waals surface area contributed by atoms with E-state index in [1.165, 1.54) is 0 Å². The first-order valence-electron chi connectivity index (χ1n) is 5.78. The zero-order valence-corrected chi connectivity index (χ0v) is 10.2. The third-order valence-electron chi connectivity index (χ3n) is 2.80. The maximum Gasteiger partial charge on any atom is 0.0799 e. The van der Waals surface area contributed by atoms with Crippen molar-refractivity contribution in [3.8, 4) is 0 Å². The summed E-state index contributed by atoms with van der Waals surface area (Å²) >= 11 is 0. The fourth-order valence-corrected chi connectivity index (χ4v) is 1.88. The lowest BCUT2D eigenvalue weighted by atomic mass is 10.0. The highest BCUT2D eigenvalue weighted by atomic mass is 15.4. The zero-order valence-electron chi connectivity index (χ0n) is 10.2. The predicted molar refractivity (Wildman–Crippen MR) is 65.3 cm³/mol. The van der Waals surface area contributed by atoms with E-state index in [9.17, 15) is 0 Å². The summed E-state index contributed by atoms with van der Waals surface area (Å²) in [4.78, 5) is 4.07. The fourth-order valence-electron chi connectivity index (χ4n) is 1.88. The topological polar surface area (TPSA) is 69.6 Å². The molecule has 1 atom stereocenters. The number of pyridine rings is 1. The minimum absolute atomic E-state index is 0.195. The molecule has 0 amide bonds. The molecule has 90 valence electrons. The molecule has 0 aliphatic rings.